The number of hydrogen-bond acceptors (Lipinski definition) is 5. The zero-order chi connectivity index (χ0) is 23.2. The number of nitrogens with one attached hydrogen (secondary N) is 2. The number of amides is 2. The van der Waals surface area contributed by atoms with Crippen LogP contribution in [0.3, 0.4) is 0 Å². The number of morpholine rings is 1. The van der Waals surface area contributed by atoms with Crippen LogP contribution in [0.5, 0.6) is 0 Å². The molecule has 4 bridgehead atoms. The topological polar surface area (TPSA) is 105 Å². The van der Waals surface area contributed by atoms with Crippen LogP contribution in [-0.4, -0.2) is 50.8 Å². The van der Waals surface area contributed by atoms with Gasteiger partial charge in [0.2, 0.25) is 15.9 Å². The summed E-state index contributed by atoms with van der Waals surface area (Å²) < 4.78 is 32.8. The Kier molecular flexibility index (Phi) is 5.99. The summed E-state index contributed by atoms with van der Waals surface area (Å²) in [6.45, 7) is 3.00. The van der Waals surface area contributed by atoms with E-state index in [0.29, 0.717) is 38.3 Å². The molecule has 5 fully saturated rings. The molecule has 1 aromatic rings. The lowest BCUT2D eigenvalue weighted by atomic mass is 9.49. The minimum Gasteiger partial charge on any atom is -0.379 e. The largest absolute Gasteiger partial charge is 0.379 e. The van der Waals surface area contributed by atoms with Crippen LogP contribution in [0.2, 0.25) is 0 Å². The Morgan fingerprint density at radius 3 is 2.24 bits per heavy atom. The van der Waals surface area contributed by atoms with E-state index in [4.69, 9.17) is 4.74 Å². The van der Waals surface area contributed by atoms with Gasteiger partial charge in [-0.3, -0.25) is 20.4 Å². The predicted molar refractivity (Wildman–Crippen MR) is 122 cm³/mol. The number of aryl methyl sites for hydroxylation is 1. The van der Waals surface area contributed by atoms with Gasteiger partial charge >= 0.3 is 0 Å². The third-order valence-electron chi connectivity index (χ3n) is 8.05. The van der Waals surface area contributed by atoms with Gasteiger partial charge in [-0.15, -0.1) is 0 Å². The molecule has 2 N–H and O–H groups in total. The molecule has 6 rings (SSSR count). The Morgan fingerprint density at radius 1 is 1.03 bits per heavy atom. The lowest BCUT2D eigenvalue weighted by Gasteiger charge is -2.56. The average Bonchev–Trinajstić information content (AvgIpc) is 2.77. The smallest absolute Gasteiger partial charge is 0.269 e. The Morgan fingerprint density at radius 2 is 1.64 bits per heavy atom. The maximum absolute atomic E-state index is 13.1. The van der Waals surface area contributed by atoms with Crippen LogP contribution in [0.15, 0.2) is 23.1 Å². The van der Waals surface area contributed by atoms with Crippen molar-refractivity contribution in [3.8, 4) is 0 Å². The second-order valence-electron chi connectivity index (χ2n) is 10.6. The maximum atomic E-state index is 13.1. The van der Waals surface area contributed by atoms with Crippen LogP contribution < -0.4 is 10.9 Å². The summed E-state index contributed by atoms with van der Waals surface area (Å²) in [6, 6.07) is 4.59. The van der Waals surface area contributed by atoms with E-state index in [1.807, 2.05) is 0 Å². The predicted octanol–water partition coefficient (Wildman–Crippen LogP) is 2.38. The summed E-state index contributed by atoms with van der Waals surface area (Å²) in [5.74, 6) is 1.60. The summed E-state index contributed by atoms with van der Waals surface area (Å²) in [4.78, 5) is 25.5. The fourth-order valence-corrected chi connectivity index (χ4v) is 8.69. The van der Waals surface area contributed by atoms with Crippen molar-refractivity contribution in [3.63, 3.8) is 0 Å². The number of sulfonamides is 1. The van der Waals surface area contributed by atoms with E-state index in [1.165, 1.54) is 29.6 Å². The summed E-state index contributed by atoms with van der Waals surface area (Å²) in [6.07, 6.45) is 7.78. The highest BCUT2D eigenvalue weighted by atomic mass is 32.2. The molecule has 1 heterocycles. The Labute approximate surface area is 195 Å². The van der Waals surface area contributed by atoms with Crippen LogP contribution in [0, 0.1) is 30.1 Å². The van der Waals surface area contributed by atoms with E-state index in [1.54, 1.807) is 19.1 Å². The van der Waals surface area contributed by atoms with Crippen molar-refractivity contribution < 1.29 is 22.7 Å². The molecule has 2 amide bonds. The molecule has 4 saturated carbocycles. The lowest BCUT2D eigenvalue weighted by molar-refractivity contribution is -0.130. The molecule has 9 heteroatoms. The van der Waals surface area contributed by atoms with Gasteiger partial charge in [0.25, 0.3) is 5.91 Å². The molecule has 8 nitrogen and oxygen atoms in total. The van der Waals surface area contributed by atoms with Crippen molar-refractivity contribution in [2.75, 3.05) is 26.3 Å². The molecule has 1 saturated heterocycles. The normalized spacial score (nSPS) is 31.4. The molecule has 0 aromatic heterocycles. The van der Waals surface area contributed by atoms with Crippen LogP contribution in [0.4, 0.5) is 0 Å². The SMILES string of the molecule is Cc1ccc(C(=O)NNC(=O)CC23CC4CC(CC(C4)C2)C3)cc1S(=O)(=O)N1CCOCC1. The third-order valence-corrected chi connectivity index (χ3v) is 10.1. The standard InChI is InChI=1S/C24H33N3O5S/c1-16-2-3-20(11-21(16)33(30,31)27-4-6-32-7-5-27)23(29)26-25-22(28)15-24-12-17-8-18(13-24)10-19(9-17)14-24/h2-3,11,17-19H,4-10,12-15H2,1H3,(H,25,28)(H,26,29). The average molecular weight is 476 g/mol. The van der Waals surface area contributed by atoms with Crippen molar-refractivity contribution in [1.29, 1.82) is 0 Å². The van der Waals surface area contributed by atoms with E-state index >= 15 is 0 Å². The third kappa shape index (κ3) is 4.55. The Bertz CT molecular complexity index is 1010. The van der Waals surface area contributed by atoms with Crippen molar-refractivity contribution in [2.45, 2.75) is 56.8 Å². The second kappa shape index (κ2) is 8.67. The lowest BCUT2D eigenvalue weighted by Crippen LogP contribution is -2.50. The molecule has 0 radical (unpaired) electrons. The first kappa shape index (κ1) is 22.8. The number of benzene rings is 1. The fraction of sp³-hybridized carbons (Fsp3) is 0.667. The van der Waals surface area contributed by atoms with Gasteiger partial charge in [-0.05, 0) is 86.3 Å². The van der Waals surface area contributed by atoms with Crippen molar-refractivity contribution in [3.05, 3.63) is 29.3 Å². The van der Waals surface area contributed by atoms with Crippen LogP contribution in [0.1, 0.15) is 60.9 Å². The van der Waals surface area contributed by atoms with Gasteiger partial charge in [0.1, 0.15) is 0 Å². The highest BCUT2D eigenvalue weighted by molar-refractivity contribution is 7.89. The van der Waals surface area contributed by atoms with E-state index < -0.39 is 15.9 Å². The zero-order valence-electron chi connectivity index (χ0n) is 19.1. The van der Waals surface area contributed by atoms with Gasteiger partial charge in [-0.25, -0.2) is 8.42 Å². The molecule has 0 spiro atoms. The maximum Gasteiger partial charge on any atom is 0.269 e. The van der Waals surface area contributed by atoms with E-state index in [2.05, 4.69) is 10.9 Å². The van der Waals surface area contributed by atoms with Crippen LogP contribution in [0.25, 0.3) is 0 Å². The van der Waals surface area contributed by atoms with Crippen molar-refractivity contribution in [2.24, 2.45) is 23.2 Å². The highest BCUT2D eigenvalue weighted by Gasteiger charge is 2.51. The second-order valence-corrected chi connectivity index (χ2v) is 12.5. The minimum atomic E-state index is -3.72. The number of hydrazine groups is 1. The first-order valence-electron chi connectivity index (χ1n) is 12.0. The molecule has 4 aliphatic carbocycles. The van der Waals surface area contributed by atoms with Crippen molar-refractivity contribution in [1.82, 2.24) is 15.2 Å². The highest BCUT2D eigenvalue weighted by Crippen LogP contribution is 2.61. The number of carbonyl (C=O) groups is 2. The van der Waals surface area contributed by atoms with Gasteiger partial charge in [-0.2, -0.15) is 4.31 Å². The van der Waals surface area contributed by atoms with Gasteiger partial charge in [0.15, 0.2) is 0 Å². The Hall–Kier alpha value is -1.97. The fourth-order valence-electron chi connectivity index (χ4n) is 7.04. The molecule has 1 aliphatic heterocycles. The number of rotatable bonds is 5. The molecule has 0 unspecified atom stereocenters. The minimum absolute atomic E-state index is 0.0901. The van der Waals surface area contributed by atoms with E-state index in [0.717, 1.165) is 37.0 Å². The summed E-state index contributed by atoms with van der Waals surface area (Å²) >= 11 is 0. The van der Waals surface area contributed by atoms with Crippen molar-refractivity contribution >= 4 is 21.8 Å². The van der Waals surface area contributed by atoms with E-state index in [-0.39, 0.29) is 21.8 Å². The summed E-state index contributed by atoms with van der Waals surface area (Å²) in [5.41, 5.74) is 5.93. The first-order valence-corrected chi connectivity index (χ1v) is 13.5. The zero-order valence-corrected chi connectivity index (χ0v) is 20.0. The van der Waals surface area contributed by atoms with Gasteiger partial charge in [0, 0.05) is 25.1 Å². The molecular formula is C24H33N3O5S. The first-order chi connectivity index (χ1) is 15.7. The summed E-state index contributed by atoms with van der Waals surface area (Å²) in [5, 5.41) is 0. The number of ether oxygens (including phenoxy) is 1. The molecule has 5 aliphatic rings. The van der Waals surface area contributed by atoms with Gasteiger partial charge in [0.05, 0.1) is 18.1 Å². The quantitative estimate of drug-likeness (QED) is 0.637. The molecule has 1 aromatic carbocycles. The molecule has 180 valence electrons. The van der Waals surface area contributed by atoms with Crippen LogP contribution >= 0.6 is 0 Å². The van der Waals surface area contributed by atoms with Crippen LogP contribution in [-0.2, 0) is 19.6 Å². The van der Waals surface area contributed by atoms with E-state index in [9.17, 15) is 18.0 Å². The number of carbonyl (C=O) groups excluding carboxylic acids is 2. The molecular weight excluding hydrogens is 442 g/mol. The summed E-state index contributed by atoms with van der Waals surface area (Å²) in [7, 11) is -3.72. The molecule has 0 atom stereocenters. The Balaban J connectivity index is 1.22. The van der Waals surface area contributed by atoms with Gasteiger partial charge in [-0.1, -0.05) is 6.07 Å². The molecule has 33 heavy (non-hydrogen) atoms. The number of hydrogen-bond donors (Lipinski definition) is 2. The number of nitrogens with zero attached hydrogens (tertiary/aromatic N) is 1. The van der Waals surface area contributed by atoms with Gasteiger partial charge < -0.3 is 4.74 Å². The monoisotopic (exact) mass is 475 g/mol.